The van der Waals surface area contributed by atoms with Crippen molar-refractivity contribution in [2.45, 2.75) is 59.3 Å². The molecule has 6 nitrogen and oxygen atoms in total. The summed E-state index contributed by atoms with van der Waals surface area (Å²) in [6.45, 7) is 9.98. The second kappa shape index (κ2) is 7.32. The molecule has 0 saturated carbocycles. The van der Waals surface area contributed by atoms with Gasteiger partial charge in [-0.05, 0) is 43.9 Å². The Hall–Kier alpha value is -2.51. The molecule has 0 bridgehead atoms. The molecule has 5 rings (SSSR count). The van der Waals surface area contributed by atoms with Gasteiger partial charge in [0.05, 0.1) is 35.2 Å². The normalized spacial score (nSPS) is 15.8. The van der Waals surface area contributed by atoms with Crippen molar-refractivity contribution in [1.29, 1.82) is 0 Å². The molecule has 0 saturated heterocycles. The molecule has 5 heterocycles. The Bertz CT molecular complexity index is 1210. The molecule has 0 amide bonds. The maximum absolute atomic E-state index is 6.16. The summed E-state index contributed by atoms with van der Waals surface area (Å²) in [6.07, 6.45) is 5.13. The molecule has 0 fully saturated rings. The zero-order chi connectivity index (χ0) is 20.9. The van der Waals surface area contributed by atoms with Crippen LogP contribution in [0.2, 0.25) is 0 Å². The van der Waals surface area contributed by atoms with E-state index in [1.54, 1.807) is 23.9 Å². The van der Waals surface area contributed by atoms with Gasteiger partial charge in [-0.3, -0.25) is 0 Å². The number of hydrogen-bond acceptors (Lipinski definition) is 7. The van der Waals surface area contributed by atoms with Gasteiger partial charge in [0, 0.05) is 23.1 Å². The van der Waals surface area contributed by atoms with Crippen LogP contribution in [-0.4, -0.2) is 20.6 Å². The lowest BCUT2D eigenvalue weighted by molar-refractivity contribution is -0.0402. The molecule has 1 N–H and O–H groups in total. The molecule has 0 atom stereocenters. The van der Waals surface area contributed by atoms with Crippen LogP contribution in [0.4, 0.5) is 5.82 Å². The van der Waals surface area contributed by atoms with Crippen molar-refractivity contribution in [3.05, 3.63) is 47.3 Å². The fraction of sp³-hybridized carbons (Fsp3) is 0.435. The molecule has 4 aromatic rings. The molecule has 0 aliphatic carbocycles. The Morgan fingerprint density at radius 3 is 2.87 bits per heavy atom. The molecule has 4 aromatic heterocycles. The van der Waals surface area contributed by atoms with Crippen LogP contribution in [0.1, 0.15) is 50.3 Å². The highest BCUT2D eigenvalue weighted by Gasteiger charge is 2.31. The summed E-state index contributed by atoms with van der Waals surface area (Å²) in [7, 11) is 0. The van der Waals surface area contributed by atoms with Gasteiger partial charge in [0.25, 0.3) is 0 Å². The van der Waals surface area contributed by atoms with E-state index < -0.39 is 0 Å². The number of nitrogens with one attached hydrogen (secondary N) is 1. The van der Waals surface area contributed by atoms with Crippen LogP contribution >= 0.6 is 11.3 Å². The topological polar surface area (TPSA) is 73.1 Å². The van der Waals surface area contributed by atoms with Gasteiger partial charge in [-0.1, -0.05) is 13.8 Å². The Morgan fingerprint density at radius 1 is 1.23 bits per heavy atom. The quantitative estimate of drug-likeness (QED) is 0.458. The van der Waals surface area contributed by atoms with Crippen molar-refractivity contribution >= 4 is 37.6 Å². The molecule has 156 valence electrons. The maximum Gasteiger partial charge on any atom is 0.147 e. The Kier molecular flexibility index (Phi) is 4.75. The lowest BCUT2D eigenvalue weighted by Crippen LogP contribution is -2.33. The zero-order valence-electron chi connectivity index (χ0n) is 17.8. The predicted octanol–water partition coefficient (Wildman–Crippen LogP) is 5.49. The largest absolute Gasteiger partial charge is 0.467 e. The summed E-state index contributed by atoms with van der Waals surface area (Å²) in [5.41, 5.74) is 4.53. The van der Waals surface area contributed by atoms with Crippen LogP contribution in [0.5, 0.6) is 0 Å². The summed E-state index contributed by atoms with van der Waals surface area (Å²) in [6, 6.07) is 3.84. The summed E-state index contributed by atoms with van der Waals surface area (Å²) in [5.74, 6) is 2.23. The predicted molar refractivity (Wildman–Crippen MR) is 120 cm³/mol. The lowest BCUT2D eigenvalue weighted by Gasteiger charge is -2.33. The molecular formula is C23H26N4O2S. The third-order valence-electron chi connectivity index (χ3n) is 5.53. The number of pyridine rings is 1. The number of fused-ring (bicyclic) bond motifs is 5. The number of aromatic nitrogens is 3. The molecule has 1 aliphatic heterocycles. The van der Waals surface area contributed by atoms with Crippen molar-refractivity contribution in [1.82, 2.24) is 15.0 Å². The number of nitrogens with zero attached hydrogens (tertiary/aromatic N) is 3. The Balaban J connectivity index is 1.68. The van der Waals surface area contributed by atoms with Crippen molar-refractivity contribution in [3.63, 3.8) is 0 Å². The summed E-state index contributed by atoms with van der Waals surface area (Å²) < 4.78 is 12.7. The average molecular weight is 423 g/mol. The highest BCUT2D eigenvalue weighted by atomic mass is 32.1. The highest BCUT2D eigenvalue weighted by Crippen LogP contribution is 2.42. The monoisotopic (exact) mass is 422 g/mol. The van der Waals surface area contributed by atoms with Crippen molar-refractivity contribution in [3.8, 4) is 0 Å². The summed E-state index contributed by atoms with van der Waals surface area (Å²) >= 11 is 1.67. The third-order valence-corrected chi connectivity index (χ3v) is 6.61. The van der Waals surface area contributed by atoms with E-state index in [1.165, 1.54) is 11.1 Å². The van der Waals surface area contributed by atoms with E-state index in [0.717, 1.165) is 50.5 Å². The van der Waals surface area contributed by atoms with Crippen molar-refractivity contribution in [2.24, 2.45) is 5.92 Å². The SMILES string of the molecule is CC(C)Cc1nc2sc3c(NCc4ccco4)ncnc3c2c2c1COC(C)(C)C2. The minimum atomic E-state index is -0.196. The van der Waals surface area contributed by atoms with E-state index in [0.29, 0.717) is 19.1 Å². The van der Waals surface area contributed by atoms with Crippen molar-refractivity contribution < 1.29 is 9.15 Å². The van der Waals surface area contributed by atoms with Crippen LogP contribution < -0.4 is 5.32 Å². The van der Waals surface area contributed by atoms with Crippen LogP contribution in [0.3, 0.4) is 0 Å². The third kappa shape index (κ3) is 3.46. The van der Waals surface area contributed by atoms with E-state index in [4.69, 9.17) is 14.1 Å². The van der Waals surface area contributed by atoms with Gasteiger partial charge in [0.1, 0.15) is 22.7 Å². The van der Waals surface area contributed by atoms with E-state index in [2.05, 4.69) is 43.0 Å². The maximum atomic E-state index is 6.16. The number of ether oxygens (including phenoxy) is 1. The van der Waals surface area contributed by atoms with Crippen molar-refractivity contribution in [2.75, 3.05) is 5.32 Å². The van der Waals surface area contributed by atoms with Crippen LogP contribution in [0.25, 0.3) is 20.4 Å². The molecule has 0 radical (unpaired) electrons. The fourth-order valence-electron chi connectivity index (χ4n) is 4.14. The van der Waals surface area contributed by atoms with Gasteiger partial charge in [0.2, 0.25) is 0 Å². The molecule has 0 spiro atoms. The number of anilines is 1. The van der Waals surface area contributed by atoms with E-state index in [1.807, 2.05) is 12.1 Å². The first-order valence-electron chi connectivity index (χ1n) is 10.4. The van der Waals surface area contributed by atoms with Gasteiger partial charge in [-0.2, -0.15) is 0 Å². The molecular weight excluding hydrogens is 396 g/mol. The Labute approximate surface area is 179 Å². The Morgan fingerprint density at radius 2 is 2.10 bits per heavy atom. The molecule has 7 heteroatoms. The number of furan rings is 1. The summed E-state index contributed by atoms with van der Waals surface area (Å²) in [5, 5.41) is 4.57. The molecule has 0 unspecified atom stereocenters. The first kappa shape index (κ1) is 19.5. The molecule has 1 aliphatic rings. The van der Waals surface area contributed by atoms with Gasteiger partial charge in [-0.15, -0.1) is 11.3 Å². The first-order chi connectivity index (χ1) is 14.4. The van der Waals surface area contributed by atoms with E-state index >= 15 is 0 Å². The van der Waals surface area contributed by atoms with Gasteiger partial charge < -0.3 is 14.5 Å². The fourth-order valence-corrected chi connectivity index (χ4v) is 5.28. The highest BCUT2D eigenvalue weighted by molar-refractivity contribution is 7.26. The second-order valence-electron chi connectivity index (χ2n) is 8.95. The lowest BCUT2D eigenvalue weighted by atomic mass is 9.88. The minimum Gasteiger partial charge on any atom is -0.467 e. The number of hydrogen-bond donors (Lipinski definition) is 1. The summed E-state index contributed by atoms with van der Waals surface area (Å²) in [4.78, 5) is 15.3. The second-order valence-corrected chi connectivity index (χ2v) is 9.95. The van der Waals surface area contributed by atoms with Crippen LogP contribution in [0, 0.1) is 5.92 Å². The van der Waals surface area contributed by atoms with Gasteiger partial charge in [-0.25, -0.2) is 15.0 Å². The number of rotatable bonds is 5. The molecule has 0 aromatic carbocycles. The van der Waals surface area contributed by atoms with Crippen LogP contribution in [-0.2, 0) is 30.7 Å². The number of thiophene rings is 1. The van der Waals surface area contributed by atoms with Crippen LogP contribution in [0.15, 0.2) is 29.1 Å². The molecule has 30 heavy (non-hydrogen) atoms. The smallest absolute Gasteiger partial charge is 0.147 e. The average Bonchev–Trinajstić information content (AvgIpc) is 3.32. The van der Waals surface area contributed by atoms with Gasteiger partial charge in [0.15, 0.2) is 0 Å². The van der Waals surface area contributed by atoms with Gasteiger partial charge >= 0.3 is 0 Å². The minimum absolute atomic E-state index is 0.196. The first-order valence-corrected chi connectivity index (χ1v) is 11.2. The van der Waals surface area contributed by atoms with E-state index in [9.17, 15) is 0 Å². The zero-order valence-corrected chi connectivity index (χ0v) is 18.6. The standard InChI is InChI=1S/C23H26N4O2S/c1-13(2)8-17-16-11-29-23(3,4)9-15(16)18-19-20(30-22(18)27-17)21(26-12-25-19)24-10-14-6-5-7-28-14/h5-7,12-13H,8-11H2,1-4H3,(H,24,25,26). The van der Waals surface area contributed by atoms with E-state index in [-0.39, 0.29) is 5.60 Å².